The molecule has 2 heterocycles. The number of benzene rings is 1. The summed E-state index contributed by atoms with van der Waals surface area (Å²) in [4.78, 5) is 27.3. The number of Topliss-reactive ketones (excluding diaryl/α,β-unsaturated/α-hetero) is 1. The molecule has 0 aliphatic carbocycles. The summed E-state index contributed by atoms with van der Waals surface area (Å²) < 4.78 is 2.00. The van der Waals surface area contributed by atoms with Crippen molar-refractivity contribution in [2.24, 2.45) is 11.7 Å². The highest BCUT2D eigenvalue weighted by Gasteiger charge is 2.23. The fraction of sp³-hybridized carbons (Fsp3) is 0.400. The summed E-state index contributed by atoms with van der Waals surface area (Å²) in [5.41, 5.74) is 6.89. The minimum atomic E-state index is -0.365. The first-order valence-electron chi connectivity index (χ1n) is 9.34. The first kappa shape index (κ1) is 20.1. The molecule has 0 radical (unpaired) electrons. The molecule has 0 unspecified atom stereocenters. The number of primary amides is 1. The summed E-state index contributed by atoms with van der Waals surface area (Å²) in [6.45, 7) is 6.81. The third-order valence-electron chi connectivity index (χ3n) is 4.44. The van der Waals surface area contributed by atoms with E-state index in [0.29, 0.717) is 23.1 Å². The molecule has 0 aliphatic heterocycles. The normalized spacial score (nSPS) is 12.6. The highest BCUT2D eigenvalue weighted by Crippen LogP contribution is 2.28. The molecule has 8 heteroatoms. The van der Waals surface area contributed by atoms with Gasteiger partial charge in [0.15, 0.2) is 10.9 Å². The Kier molecular flexibility index (Phi) is 6.18. The van der Waals surface area contributed by atoms with Gasteiger partial charge in [-0.3, -0.25) is 9.59 Å². The SMILES string of the molecule is CC(C)Cn1c(CCC(N)=O)nnc1S[C@@H](C)C(=O)c1c[nH]c2ccccc12. The minimum Gasteiger partial charge on any atom is -0.370 e. The highest BCUT2D eigenvalue weighted by atomic mass is 32.2. The Balaban J connectivity index is 1.81. The van der Waals surface area contributed by atoms with Gasteiger partial charge in [-0.2, -0.15) is 0 Å². The Morgan fingerprint density at radius 2 is 1.96 bits per heavy atom. The molecule has 0 saturated heterocycles. The van der Waals surface area contributed by atoms with Gasteiger partial charge in [0.25, 0.3) is 0 Å². The van der Waals surface area contributed by atoms with E-state index in [1.54, 1.807) is 6.20 Å². The Labute approximate surface area is 168 Å². The second-order valence-electron chi connectivity index (χ2n) is 7.24. The lowest BCUT2D eigenvalue weighted by Gasteiger charge is -2.14. The second kappa shape index (κ2) is 8.60. The smallest absolute Gasteiger partial charge is 0.217 e. The van der Waals surface area contributed by atoms with Crippen LogP contribution in [-0.2, 0) is 17.8 Å². The maximum atomic E-state index is 13.0. The molecule has 0 saturated carbocycles. The molecular formula is C20H25N5O2S. The van der Waals surface area contributed by atoms with Crippen molar-refractivity contribution in [3.63, 3.8) is 0 Å². The predicted octanol–water partition coefficient (Wildman–Crippen LogP) is 3.20. The lowest BCUT2D eigenvalue weighted by atomic mass is 10.1. The number of hydrogen-bond acceptors (Lipinski definition) is 5. The van der Waals surface area contributed by atoms with Crippen molar-refractivity contribution in [3.05, 3.63) is 41.9 Å². The van der Waals surface area contributed by atoms with Crippen molar-refractivity contribution >= 4 is 34.4 Å². The monoisotopic (exact) mass is 399 g/mol. The number of para-hydroxylation sites is 1. The maximum Gasteiger partial charge on any atom is 0.217 e. The molecule has 1 amide bonds. The molecule has 28 heavy (non-hydrogen) atoms. The Bertz CT molecular complexity index is 992. The largest absolute Gasteiger partial charge is 0.370 e. The van der Waals surface area contributed by atoms with Gasteiger partial charge in [0.2, 0.25) is 5.91 Å². The molecule has 0 bridgehead atoms. The number of hydrogen-bond donors (Lipinski definition) is 2. The zero-order valence-corrected chi connectivity index (χ0v) is 17.1. The van der Waals surface area contributed by atoms with Crippen molar-refractivity contribution in [1.82, 2.24) is 19.7 Å². The molecule has 0 spiro atoms. The van der Waals surface area contributed by atoms with Crippen molar-refractivity contribution in [2.45, 2.75) is 50.6 Å². The average Bonchev–Trinajstić information content (AvgIpc) is 3.23. The molecule has 3 N–H and O–H groups in total. The zero-order chi connectivity index (χ0) is 20.3. The van der Waals surface area contributed by atoms with Gasteiger partial charge in [-0.05, 0) is 18.9 Å². The number of aromatic amines is 1. The van der Waals surface area contributed by atoms with Gasteiger partial charge in [-0.25, -0.2) is 0 Å². The number of nitrogens with one attached hydrogen (secondary N) is 1. The van der Waals surface area contributed by atoms with E-state index in [0.717, 1.165) is 23.3 Å². The van der Waals surface area contributed by atoms with Crippen molar-refractivity contribution in [3.8, 4) is 0 Å². The van der Waals surface area contributed by atoms with E-state index >= 15 is 0 Å². The lowest BCUT2D eigenvalue weighted by molar-refractivity contribution is -0.118. The molecule has 3 aromatic rings. The summed E-state index contributed by atoms with van der Waals surface area (Å²) in [6.07, 6.45) is 2.44. The Hall–Kier alpha value is -2.61. The maximum absolute atomic E-state index is 13.0. The van der Waals surface area contributed by atoms with E-state index in [1.807, 2.05) is 35.8 Å². The first-order valence-corrected chi connectivity index (χ1v) is 10.2. The third-order valence-corrected chi connectivity index (χ3v) is 5.52. The van der Waals surface area contributed by atoms with Crippen LogP contribution in [0.3, 0.4) is 0 Å². The molecule has 3 rings (SSSR count). The Morgan fingerprint density at radius 1 is 1.21 bits per heavy atom. The quantitative estimate of drug-likeness (QED) is 0.424. The topological polar surface area (TPSA) is 107 Å². The van der Waals surface area contributed by atoms with Gasteiger partial charge in [0.1, 0.15) is 5.82 Å². The first-order chi connectivity index (χ1) is 13.4. The van der Waals surface area contributed by atoms with Crippen LogP contribution in [0.2, 0.25) is 0 Å². The minimum absolute atomic E-state index is 0.0419. The number of ketones is 1. The van der Waals surface area contributed by atoms with Crippen LogP contribution in [0.15, 0.2) is 35.6 Å². The van der Waals surface area contributed by atoms with Crippen LogP contribution in [-0.4, -0.2) is 36.7 Å². The number of fused-ring (bicyclic) bond motifs is 1. The lowest BCUT2D eigenvalue weighted by Crippen LogP contribution is -2.17. The van der Waals surface area contributed by atoms with Crippen LogP contribution in [0.25, 0.3) is 10.9 Å². The second-order valence-corrected chi connectivity index (χ2v) is 8.55. The molecule has 0 aliphatic rings. The molecule has 1 aromatic carbocycles. The van der Waals surface area contributed by atoms with Crippen LogP contribution in [0.5, 0.6) is 0 Å². The molecule has 148 valence electrons. The standard InChI is InChI=1S/C20H25N5O2S/c1-12(2)11-25-18(9-8-17(21)26)23-24-20(25)28-13(3)19(27)15-10-22-16-7-5-4-6-14(15)16/h4-7,10,12-13,22H,8-9,11H2,1-3H3,(H2,21,26)/t13-/m0/s1. The number of rotatable bonds is 9. The number of H-pyrrole nitrogens is 1. The van der Waals surface area contributed by atoms with Crippen LogP contribution in [0, 0.1) is 5.92 Å². The summed E-state index contributed by atoms with van der Waals surface area (Å²) in [5.74, 6) is 0.778. The summed E-state index contributed by atoms with van der Waals surface area (Å²) in [7, 11) is 0. The number of nitrogens with two attached hydrogens (primary N) is 1. The van der Waals surface area contributed by atoms with E-state index in [2.05, 4.69) is 29.0 Å². The van der Waals surface area contributed by atoms with Gasteiger partial charge in [-0.1, -0.05) is 43.8 Å². The van der Waals surface area contributed by atoms with Gasteiger partial charge < -0.3 is 15.3 Å². The van der Waals surface area contributed by atoms with Crippen molar-refractivity contribution in [2.75, 3.05) is 0 Å². The van der Waals surface area contributed by atoms with E-state index in [9.17, 15) is 9.59 Å². The third kappa shape index (κ3) is 4.44. The predicted molar refractivity (Wildman–Crippen MR) is 110 cm³/mol. The number of carbonyl (C=O) groups is 2. The van der Waals surface area contributed by atoms with E-state index in [1.165, 1.54) is 11.8 Å². The average molecular weight is 400 g/mol. The number of aryl methyl sites for hydroxylation is 1. The van der Waals surface area contributed by atoms with Gasteiger partial charge >= 0.3 is 0 Å². The van der Waals surface area contributed by atoms with Gasteiger partial charge in [0, 0.05) is 42.0 Å². The Morgan fingerprint density at radius 3 is 2.68 bits per heavy atom. The fourth-order valence-electron chi connectivity index (χ4n) is 3.08. The molecule has 7 nitrogen and oxygen atoms in total. The van der Waals surface area contributed by atoms with Gasteiger partial charge in [-0.15, -0.1) is 10.2 Å². The number of thioether (sulfide) groups is 1. The van der Waals surface area contributed by atoms with E-state index < -0.39 is 0 Å². The summed E-state index contributed by atoms with van der Waals surface area (Å²) in [6, 6.07) is 7.76. The molecule has 1 atom stereocenters. The highest BCUT2D eigenvalue weighted by molar-refractivity contribution is 8.00. The van der Waals surface area contributed by atoms with Crippen LogP contribution in [0.4, 0.5) is 0 Å². The van der Waals surface area contributed by atoms with Crippen LogP contribution < -0.4 is 5.73 Å². The van der Waals surface area contributed by atoms with Crippen molar-refractivity contribution < 1.29 is 9.59 Å². The van der Waals surface area contributed by atoms with E-state index in [4.69, 9.17) is 5.73 Å². The summed E-state index contributed by atoms with van der Waals surface area (Å²) in [5, 5.41) is 9.80. The van der Waals surface area contributed by atoms with E-state index in [-0.39, 0.29) is 23.4 Å². The number of carbonyl (C=O) groups excluding carboxylic acids is 2. The van der Waals surface area contributed by atoms with Gasteiger partial charge in [0.05, 0.1) is 5.25 Å². The molecule has 0 fully saturated rings. The fourth-order valence-corrected chi connectivity index (χ4v) is 4.03. The van der Waals surface area contributed by atoms with Crippen LogP contribution >= 0.6 is 11.8 Å². The zero-order valence-electron chi connectivity index (χ0n) is 16.3. The summed E-state index contributed by atoms with van der Waals surface area (Å²) >= 11 is 1.39. The number of aromatic nitrogens is 4. The number of nitrogens with zero attached hydrogens (tertiary/aromatic N) is 3. The molecular weight excluding hydrogens is 374 g/mol. The van der Waals surface area contributed by atoms with Crippen molar-refractivity contribution in [1.29, 1.82) is 0 Å². The number of amides is 1. The molecule has 2 aromatic heterocycles. The van der Waals surface area contributed by atoms with Crippen LogP contribution in [0.1, 0.15) is 43.4 Å².